The first-order valence-corrected chi connectivity index (χ1v) is 4.41. The molecule has 0 unspecified atom stereocenters. The van der Waals surface area contributed by atoms with Crippen molar-refractivity contribution in [3.8, 4) is 0 Å². The monoisotopic (exact) mass is 166 g/mol. The number of hydrogen-bond donors (Lipinski definition) is 1. The Kier molecular flexibility index (Phi) is 2.79. The summed E-state index contributed by atoms with van der Waals surface area (Å²) < 4.78 is 0. The quantitative estimate of drug-likeness (QED) is 0.589. The molecule has 68 valence electrons. The van der Waals surface area contributed by atoms with E-state index in [2.05, 4.69) is 44.1 Å². The van der Waals surface area contributed by atoms with Crippen molar-refractivity contribution < 1.29 is 0 Å². The highest BCUT2D eigenvalue weighted by Gasteiger charge is 2.10. The number of hydrogen-bond acceptors (Lipinski definition) is 2. The van der Waals surface area contributed by atoms with E-state index < -0.39 is 0 Å². The molecule has 2 nitrogen and oxygen atoms in total. The fraction of sp³-hybridized carbons (Fsp3) is 0.600. The van der Waals surface area contributed by atoms with E-state index in [1.807, 2.05) is 0 Å². The minimum Gasteiger partial charge on any atom is -0.383 e. The molecule has 1 aliphatic rings. The molecule has 0 aliphatic carbocycles. The topological polar surface area (TPSA) is 15.3 Å². The van der Waals surface area contributed by atoms with E-state index in [-0.39, 0.29) is 0 Å². The minimum absolute atomic E-state index is 0.955. The third-order valence-corrected chi connectivity index (χ3v) is 2.47. The maximum atomic E-state index is 3.40. The zero-order chi connectivity index (χ0) is 9.14. The Morgan fingerprint density at radius 3 is 2.67 bits per heavy atom. The molecule has 1 heterocycles. The molecule has 0 atom stereocenters. The molecule has 1 aliphatic heterocycles. The van der Waals surface area contributed by atoms with Gasteiger partial charge in [0.15, 0.2) is 0 Å². The second-order valence-corrected chi connectivity index (χ2v) is 3.39. The van der Waals surface area contributed by atoms with Gasteiger partial charge >= 0.3 is 0 Å². The second-order valence-electron chi connectivity index (χ2n) is 3.39. The third kappa shape index (κ3) is 1.81. The molecule has 0 saturated carbocycles. The van der Waals surface area contributed by atoms with Crippen LogP contribution in [0.15, 0.2) is 23.0 Å². The van der Waals surface area contributed by atoms with Crippen LogP contribution in [-0.4, -0.2) is 25.0 Å². The van der Waals surface area contributed by atoms with Crippen LogP contribution in [0, 0.1) is 0 Å². The predicted octanol–water partition coefficient (Wildman–Crippen LogP) is 1.72. The van der Waals surface area contributed by atoms with Gasteiger partial charge in [-0.25, -0.2) is 0 Å². The lowest BCUT2D eigenvalue weighted by Gasteiger charge is -2.19. The van der Waals surface area contributed by atoms with E-state index in [1.54, 1.807) is 0 Å². The fourth-order valence-corrected chi connectivity index (χ4v) is 1.41. The lowest BCUT2D eigenvalue weighted by atomic mass is 10.2. The van der Waals surface area contributed by atoms with Crippen LogP contribution in [0.3, 0.4) is 0 Å². The van der Waals surface area contributed by atoms with E-state index in [0.29, 0.717) is 0 Å². The molecule has 0 fully saturated rings. The number of nitrogens with one attached hydrogen (secondary N) is 1. The molecule has 0 spiro atoms. The molecule has 2 heteroatoms. The molecule has 0 aromatic rings. The van der Waals surface area contributed by atoms with Gasteiger partial charge in [-0.15, -0.1) is 0 Å². The van der Waals surface area contributed by atoms with Gasteiger partial charge < -0.3 is 10.2 Å². The minimum atomic E-state index is 0.955. The highest BCUT2D eigenvalue weighted by Crippen LogP contribution is 2.11. The third-order valence-electron chi connectivity index (χ3n) is 2.47. The van der Waals surface area contributed by atoms with Crippen LogP contribution >= 0.6 is 0 Å². The molecule has 0 aromatic heterocycles. The molecule has 1 rings (SSSR count). The van der Waals surface area contributed by atoms with Crippen LogP contribution in [0.2, 0.25) is 0 Å². The van der Waals surface area contributed by atoms with Gasteiger partial charge in [-0.2, -0.15) is 0 Å². The van der Waals surface area contributed by atoms with Crippen LogP contribution in [0.4, 0.5) is 0 Å². The number of allylic oxidation sites excluding steroid dienone is 2. The molecular weight excluding hydrogens is 148 g/mol. The zero-order valence-electron chi connectivity index (χ0n) is 8.44. The lowest BCUT2D eigenvalue weighted by molar-refractivity contribution is 0.448. The zero-order valence-corrected chi connectivity index (χ0v) is 8.44. The SMILES string of the molecule is C/C=C1/CNC(C)=C(C)CN1C. The van der Waals surface area contributed by atoms with E-state index in [4.69, 9.17) is 0 Å². The Bertz CT molecular complexity index is 226. The van der Waals surface area contributed by atoms with Crippen molar-refractivity contribution in [2.45, 2.75) is 20.8 Å². The van der Waals surface area contributed by atoms with Gasteiger partial charge in [-0.05, 0) is 26.3 Å². The normalized spacial score (nSPS) is 22.7. The number of nitrogens with zero attached hydrogens (tertiary/aromatic N) is 1. The van der Waals surface area contributed by atoms with E-state index in [0.717, 1.165) is 13.1 Å². The maximum Gasteiger partial charge on any atom is 0.0543 e. The Hall–Kier alpha value is -0.920. The average Bonchev–Trinajstić information content (AvgIpc) is 2.14. The summed E-state index contributed by atoms with van der Waals surface area (Å²) in [5.41, 5.74) is 4.11. The molecule has 1 N–H and O–H groups in total. The summed E-state index contributed by atoms with van der Waals surface area (Å²) in [6.45, 7) is 8.40. The van der Waals surface area contributed by atoms with Crippen LogP contribution in [0.1, 0.15) is 20.8 Å². The van der Waals surface area contributed by atoms with Crippen molar-refractivity contribution in [2.75, 3.05) is 20.1 Å². The number of likely N-dealkylation sites (N-methyl/N-ethyl adjacent to an activating group) is 1. The fourth-order valence-electron chi connectivity index (χ4n) is 1.41. The summed E-state index contributed by atoms with van der Waals surface area (Å²) in [6.07, 6.45) is 2.17. The summed E-state index contributed by atoms with van der Waals surface area (Å²) >= 11 is 0. The summed E-state index contributed by atoms with van der Waals surface area (Å²) in [5.74, 6) is 0. The van der Waals surface area contributed by atoms with Crippen LogP contribution in [0.5, 0.6) is 0 Å². The largest absolute Gasteiger partial charge is 0.383 e. The maximum absolute atomic E-state index is 3.40. The van der Waals surface area contributed by atoms with Crippen molar-refractivity contribution in [2.24, 2.45) is 0 Å². The number of rotatable bonds is 0. The molecular formula is C10H18N2. The summed E-state index contributed by atoms with van der Waals surface area (Å²) in [5, 5.41) is 3.40. The highest BCUT2D eigenvalue weighted by atomic mass is 15.1. The first-order chi connectivity index (χ1) is 5.65. The molecule has 0 amide bonds. The van der Waals surface area contributed by atoms with Gasteiger partial charge in [0.2, 0.25) is 0 Å². The van der Waals surface area contributed by atoms with Crippen LogP contribution in [-0.2, 0) is 0 Å². The molecule has 0 bridgehead atoms. The molecule has 0 aromatic carbocycles. The van der Waals surface area contributed by atoms with E-state index >= 15 is 0 Å². The molecule has 0 radical (unpaired) electrons. The highest BCUT2D eigenvalue weighted by molar-refractivity contribution is 5.18. The summed E-state index contributed by atoms with van der Waals surface area (Å²) in [4.78, 5) is 2.29. The summed E-state index contributed by atoms with van der Waals surface area (Å²) in [6, 6.07) is 0. The van der Waals surface area contributed by atoms with Crippen molar-refractivity contribution in [3.63, 3.8) is 0 Å². The van der Waals surface area contributed by atoms with Gasteiger partial charge in [0.1, 0.15) is 0 Å². The van der Waals surface area contributed by atoms with E-state index in [1.165, 1.54) is 17.0 Å². The Morgan fingerprint density at radius 2 is 2.08 bits per heavy atom. The van der Waals surface area contributed by atoms with Crippen molar-refractivity contribution in [1.82, 2.24) is 10.2 Å². The van der Waals surface area contributed by atoms with Crippen LogP contribution < -0.4 is 5.32 Å². The van der Waals surface area contributed by atoms with Gasteiger partial charge in [0, 0.05) is 25.0 Å². The Balaban J connectivity index is 2.79. The van der Waals surface area contributed by atoms with Gasteiger partial charge in [0.05, 0.1) is 6.54 Å². The summed E-state index contributed by atoms with van der Waals surface area (Å²) in [7, 11) is 2.14. The Labute approximate surface area is 74.9 Å². The standard InChI is InChI=1S/C10H18N2/c1-5-10-6-11-9(3)8(2)7-12(10)4/h5,11H,6-7H2,1-4H3/b10-5-. The van der Waals surface area contributed by atoms with Gasteiger partial charge in [0.25, 0.3) is 0 Å². The Morgan fingerprint density at radius 1 is 1.42 bits per heavy atom. The second kappa shape index (κ2) is 3.65. The van der Waals surface area contributed by atoms with Gasteiger partial charge in [-0.3, -0.25) is 0 Å². The lowest BCUT2D eigenvalue weighted by Crippen LogP contribution is -2.22. The van der Waals surface area contributed by atoms with Crippen LogP contribution in [0.25, 0.3) is 0 Å². The van der Waals surface area contributed by atoms with E-state index in [9.17, 15) is 0 Å². The van der Waals surface area contributed by atoms with Crippen molar-refractivity contribution >= 4 is 0 Å². The van der Waals surface area contributed by atoms with Crippen molar-refractivity contribution in [3.05, 3.63) is 23.0 Å². The molecule has 12 heavy (non-hydrogen) atoms. The first-order valence-electron chi connectivity index (χ1n) is 4.41. The molecule has 0 saturated heterocycles. The predicted molar refractivity (Wildman–Crippen MR) is 52.8 cm³/mol. The first kappa shape index (κ1) is 9.17. The average molecular weight is 166 g/mol. The van der Waals surface area contributed by atoms with Gasteiger partial charge in [-0.1, -0.05) is 6.08 Å². The smallest absolute Gasteiger partial charge is 0.0543 e. The van der Waals surface area contributed by atoms with Crippen molar-refractivity contribution in [1.29, 1.82) is 0 Å².